The minimum Gasteiger partial charge on any atom is -0.212 e. The summed E-state index contributed by atoms with van der Waals surface area (Å²) in [5, 5.41) is 17.3. The molecule has 0 aliphatic rings. The number of benzene rings is 1. The molecule has 5 nitrogen and oxygen atoms in total. The molecule has 1 aromatic rings. The smallest absolute Gasteiger partial charge is 0.212 e. The molecule has 1 aromatic carbocycles. The lowest BCUT2D eigenvalue weighted by atomic mass is 10.2. The third-order valence-corrected chi connectivity index (χ3v) is 4.02. The van der Waals surface area contributed by atoms with Gasteiger partial charge in [-0.05, 0) is 24.1 Å². The summed E-state index contributed by atoms with van der Waals surface area (Å²) in [4.78, 5) is 0. The minimum atomic E-state index is -3.47. The van der Waals surface area contributed by atoms with E-state index in [-0.39, 0.29) is 18.2 Å². The van der Waals surface area contributed by atoms with E-state index in [4.69, 9.17) is 10.5 Å². The predicted octanol–water partition coefficient (Wildman–Crippen LogP) is 1.67. The maximum Gasteiger partial charge on any atom is 0.216 e. The highest BCUT2D eigenvalue weighted by molar-refractivity contribution is 7.88. The van der Waals surface area contributed by atoms with Crippen molar-refractivity contribution in [2.75, 3.05) is 0 Å². The van der Waals surface area contributed by atoms with E-state index in [0.717, 1.165) is 0 Å². The molecule has 0 aliphatic carbocycles. The van der Waals surface area contributed by atoms with Crippen LogP contribution >= 0.6 is 0 Å². The zero-order valence-electron chi connectivity index (χ0n) is 10.6. The van der Waals surface area contributed by atoms with Crippen LogP contribution in [0.25, 0.3) is 0 Å². The second-order valence-electron chi connectivity index (χ2n) is 4.15. The largest absolute Gasteiger partial charge is 0.216 e. The first-order valence-electron chi connectivity index (χ1n) is 5.86. The SMILES string of the molecule is CCC(CC#N)NS(=O)(=O)Cc1ccc(C#N)cc1. The Balaban J connectivity index is 2.73. The molecule has 1 N–H and O–H groups in total. The first-order valence-corrected chi connectivity index (χ1v) is 7.52. The van der Waals surface area contributed by atoms with E-state index < -0.39 is 10.0 Å². The summed E-state index contributed by atoms with van der Waals surface area (Å²) in [7, 11) is -3.47. The first-order chi connectivity index (χ1) is 9.00. The topological polar surface area (TPSA) is 93.8 Å². The van der Waals surface area contributed by atoms with Gasteiger partial charge in [-0.2, -0.15) is 10.5 Å². The van der Waals surface area contributed by atoms with E-state index >= 15 is 0 Å². The summed E-state index contributed by atoms with van der Waals surface area (Å²) in [6.07, 6.45) is 0.725. The van der Waals surface area contributed by atoms with Crippen molar-refractivity contribution < 1.29 is 8.42 Å². The molecule has 19 heavy (non-hydrogen) atoms. The maximum absolute atomic E-state index is 11.9. The van der Waals surface area contributed by atoms with Crippen molar-refractivity contribution in [3.05, 3.63) is 35.4 Å². The summed E-state index contributed by atoms with van der Waals surface area (Å²) >= 11 is 0. The van der Waals surface area contributed by atoms with E-state index in [2.05, 4.69) is 4.72 Å². The number of hydrogen-bond donors (Lipinski definition) is 1. The second kappa shape index (κ2) is 6.89. The van der Waals surface area contributed by atoms with Crippen LogP contribution in [0.3, 0.4) is 0 Å². The molecular formula is C13H15N3O2S. The van der Waals surface area contributed by atoms with Crippen LogP contribution in [0.4, 0.5) is 0 Å². The predicted molar refractivity (Wildman–Crippen MR) is 71.2 cm³/mol. The first kappa shape index (κ1) is 15.2. The normalized spacial score (nSPS) is 12.4. The van der Waals surface area contributed by atoms with Gasteiger partial charge in [0.1, 0.15) is 0 Å². The average molecular weight is 277 g/mol. The highest BCUT2D eigenvalue weighted by Gasteiger charge is 2.16. The van der Waals surface area contributed by atoms with E-state index in [1.807, 2.05) is 19.1 Å². The lowest BCUT2D eigenvalue weighted by molar-refractivity contribution is 0.542. The molecule has 0 radical (unpaired) electrons. The van der Waals surface area contributed by atoms with Crippen molar-refractivity contribution in [1.29, 1.82) is 10.5 Å². The van der Waals surface area contributed by atoms with Crippen LogP contribution in [0, 0.1) is 22.7 Å². The monoisotopic (exact) mass is 277 g/mol. The van der Waals surface area contributed by atoms with Gasteiger partial charge in [-0.3, -0.25) is 0 Å². The van der Waals surface area contributed by atoms with Crippen LogP contribution < -0.4 is 4.72 Å². The van der Waals surface area contributed by atoms with Crippen LogP contribution in [0.2, 0.25) is 0 Å². The number of nitrogens with zero attached hydrogens (tertiary/aromatic N) is 2. The Labute approximate surface area is 113 Å². The second-order valence-corrected chi connectivity index (χ2v) is 5.91. The summed E-state index contributed by atoms with van der Waals surface area (Å²) in [5.41, 5.74) is 1.10. The van der Waals surface area contributed by atoms with Gasteiger partial charge in [0.2, 0.25) is 10.0 Å². The lowest BCUT2D eigenvalue weighted by Gasteiger charge is -2.13. The molecule has 0 bridgehead atoms. The highest BCUT2D eigenvalue weighted by Crippen LogP contribution is 2.09. The van der Waals surface area contributed by atoms with Gasteiger partial charge >= 0.3 is 0 Å². The molecule has 1 rings (SSSR count). The molecule has 0 saturated heterocycles. The van der Waals surface area contributed by atoms with E-state index in [0.29, 0.717) is 17.5 Å². The quantitative estimate of drug-likeness (QED) is 0.855. The zero-order valence-corrected chi connectivity index (χ0v) is 11.4. The Hall–Kier alpha value is -1.89. The summed E-state index contributed by atoms with van der Waals surface area (Å²) in [6, 6.07) is 9.97. The standard InChI is InChI=1S/C13H15N3O2S/c1-2-13(7-8-14)16-19(17,18)10-12-5-3-11(9-15)4-6-12/h3-6,13,16H,2,7,10H2,1H3. The van der Waals surface area contributed by atoms with Crippen molar-refractivity contribution in [1.82, 2.24) is 4.72 Å². The van der Waals surface area contributed by atoms with E-state index in [9.17, 15) is 8.42 Å². The van der Waals surface area contributed by atoms with Crippen molar-refractivity contribution in [2.24, 2.45) is 0 Å². The molecule has 0 aliphatic heterocycles. The van der Waals surface area contributed by atoms with Gasteiger partial charge < -0.3 is 0 Å². The Morgan fingerprint density at radius 3 is 2.37 bits per heavy atom. The molecule has 0 saturated carbocycles. The summed E-state index contributed by atoms with van der Waals surface area (Å²) < 4.78 is 26.3. The third-order valence-electron chi connectivity index (χ3n) is 2.62. The van der Waals surface area contributed by atoms with Crippen LogP contribution in [-0.2, 0) is 15.8 Å². The van der Waals surface area contributed by atoms with Crippen LogP contribution in [-0.4, -0.2) is 14.5 Å². The molecule has 1 atom stereocenters. The third kappa shape index (κ3) is 5.09. The molecule has 6 heteroatoms. The molecule has 0 amide bonds. The van der Waals surface area contributed by atoms with Gasteiger partial charge in [0.05, 0.1) is 29.9 Å². The summed E-state index contributed by atoms with van der Waals surface area (Å²) in [6.45, 7) is 1.83. The molecule has 0 heterocycles. The van der Waals surface area contributed by atoms with Gasteiger partial charge in [0.25, 0.3) is 0 Å². The van der Waals surface area contributed by atoms with Gasteiger partial charge in [-0.15, -0.1) is 0 Å². The van der Waals surface area contributed by atoms with Crippen molar-refractivity contribution in [3.8, 4) is 12.1 Å². The van der Waals surface area contributed by atoms with Gasteiger partial charge in [0.15, 0.2) is 0 Å². The number of sulfonamides is 1. The Bertz CT molecular complexity index is 594. The van der Waals surface area contributed by atoms with Crippen molar-refractivity contribution >= 4 is 10.0 Å². The maximum atomic E-state index is 11.9. The van der Waals surface area contributed by atoms with Gasteiger partial charge in [-0.25, -0.2) is 13.1 Å². The Morgan fingerprint density at radius 2 is 1.89 bits per heavy atom. The fourth-order valence-corrected chi connectivity index (χ4v) is 3.04. The van der Waals surface area contributed by atoms with Crippen LogP contribution in [0.1, 0.15) is 30.9 Å². The molecule has 0 fully saturated rings. The number of nitriles is 2. The number of nitrogens with one attached hydrogen (secondary N) is 1. The average Bonchev–Trinajstić information content (AvgIpc) is 2.38. The molecular weight excluding hydrogens is 262 g/mol. The minimum absolute atomic E-state index is 0.152. The Kier molecular flexibility index (Phi) is 5.50. The number of hydrogen-bond acceptors (Lipinski definition) is 4. The zero-order chi connectivity index (χ0) is 14.3. The van der Waals surface area contributed by atoms with Crippen molar-refractivity contribution in [2.45, 2.75) is 31.6 Å². The summed E-state index contributed by atoms with van der Waals surface area (Å²) in [5.74, 6) is -0.152. The molecule has 1 unspecified atom stereocenters. The highest BCUT2D eigenvalue weighted by atomic mass is 32.2. The Morgan fingerprint density at radius 1 is 1.26 bits per heavy atom. The van der Waals surface area contributed by atoms with Gasteiger partial charge in [0, 0.05) is 6.04 Å². The van der Waals surface area contributed by atoms with Crippen LogP contribution in [0.15, 0.2) is 24.3 Å². The molecule has 100 valence electrons. The van der Waals surface area contributed by atoms with Crippen LogP contribution in [0.5, 0.6) is 0 Å². The molecule has 0 spiro atoms. The van der Waals surface area contributed by atoms with Gasteiger partial charge in [-0.1, -0.05) is 19.1 Å². The van der Waals surface area contributed by atoms with E-state index in [1.54, 1.807) is 24.3 Å². The number of rotatable bonds is 6. The van der Waals surface area contributed by atoms with Crippen molar-refractivity contribution in [3.63, 3.8) is 0 Å². The van der Waals surface area contributed by atoms with E-state index in [1.165, 1.54) is 0 Å². The molecule has 0 aromatic heterocycles. The fourth-order valence-electron chi connectivity index (χ4n) is 1.57. The fraction of sp³-hybridized carbons (Fsp3) is 0.385. The lowest BCUT2D eigenvalue weighted by Crippen LogP contribution is -2.34.